The molecular weight excluding hydrogens is 571 g/mol. The van der Waals surface area contributed by atoms with Gasteiger partial charge in [0.05, 0.1) is 13.2 Å². The molecule has 0 aliphatic heterocycles. The van der Waals surface area contributed by atoms with Gasteiger partial charge in [-0.1, -0.05) is 43.6 Å². The van der Waals surface area contributed by atoms with Crippen LogP contribution in [0.25, 0.3) is 0 Å². The van der Waals surface area contributed by atoms with Gasteiger partial charge in [-0.2, -0.15) is 13.2 Å². The SMILES string of the molecule is COc1ccc(C(NC(=O)C(CCC(=O)O)NC(=O)c2cccc(Cl)c2)C(=O)NC(C(=O)C(F)(F)F)C(C)C)cc1. The first-order valence-electron chi connectivity index (χ1n) is 12.3. The van der Waals surface area contributed by atoms with Crippen molar-refractivity contribution in [1.29, 1.82) is 0 Å². The van der Waals surface area contributed by atoms with Gasteiger partial charge in [-0.15, -0.1) is 0 Å². The summed E-state index contributed by atoms with van der Waals surface area (Å²) in [6.45, 7) is 2.62. The molecule has 3 atom stereocenters. The Hall–Kier alpha value is -4.13. The summed E-state index contributed by atoms with van der Waals surface area (Å²) in [6, 6.07) is 6.29. The number of rotatable bonds is 13. The van der Waals surface area contributed by atoms with Crippen LogP contribution in [-0.4, -0.2) is 60.0 Å². The van der Waals surface area contributed by atoms with Gasteiger partial charge in [0, 0.05) is 17.0 Å². The number of nitrogens with one attached hydrogen (secondary N) is 3. The molecule has 0 radical (unpaired) electrons. The van der Waals surface area contributed by atoms with E-state index in [2.05, 4.69) is 16.0 Å². The molecule has 0 bridgehead atoms. The van der Waals surface area contributed by atoms with Crippen LogP contribution >= 0.6 is 11.6 Å². The second-order valence-electron chi connectivity index (χ2n) is 9.28. The summed E-state index contributed by atoms with van der Waals surface area (Å²) < 4.78 is 44.6. The van der Waals surface area contributed by atoms with Gasteiger partial charge in [0.1, 0.15) is 17.8 Å². The molecule has 0 heterocycles. The third-order valence-corrected chi connectivity index (χ3v) is 6.11. The molecule has 3 amide bonds. The van der Waals surface area contributed by atoms with Crippen LogP contribution in [0, 0.1) is 5.92 Å². The first-order chi connectivity index (χ1) is 19.1. The average Bonchev–Trinajstić information content (AvgIpc) is 2.91. The molecule has 4 N–H and O–H groups in total. The molecule has 222 valence electrons. The summed E-state index contributed by atoms with van der Waals surface area (Å²) in [7, 11) is 1.38. The third kappa shape index (κ3) is 9.78. The number of aliphatic carboxylic acids is 1. The lowest BCUT2D eigenvalue weighted by atomic mass is 9.97. The maximum atomic E-state index is 13.3. The normalized spacial score (nSPS) is 13.5. The number of methoxy groups -OCH3 is 1. The molecule has 14 heteroatoms. The van der Waals surface area contributed by atoms with Crippen LogP contribution < -0.4 is 20.7 Å². The highest BCUT2D eigenvalue weighted by Crippen LogP contribution is 2.23. The van der Waals surface area contributed by atoms with E-state index in [-0.39, 0.29) is 22.6 Å². The van der Waals surface area contributed by atoms with Gasteiger partial charge in [0.15, 0.2) is 0 Å². The second kappa shape index (κ2) is 14.5. The van der Waals surface area contributed by atoms with Crippen molar-refractivity contribution in [2.75, 3.05) is 7.11 Å². The molecule has 0 aliphatic rings. The Morgan fingerprint density at radius 1 is 0.951 bits per heavy atom. The van der Waals surface area contributed by atoms with E-state index in [0.29, 0.717) is 5.75 Å². The van der Waals surface area contributed by atoms with E-state index in [1.54, 1.807) is 0 Å². The van der Waals surface area contributed by atoms with Crippen LogP contribution in [0.15, 0.2) is 48.5 Å². The molecule has 2 rings (SSSR count). The Labute approximate surface area is 238 Å². The van der Waals surface area contributed by atoms with E-state index >= 15 is 0 Å². The Morgan fingerprint density at radius 3 is 2.10 bits per heavy atom. The number of halogens is 4. The maximum absolute atomic E-state index is 13.3. The van der Waals surface area contributed by atoms with Gasteiger partial charge in [0.25, 0.3) is 11.7 Å². The van der Waals surface area contributed by atoms with Crippen molar-refractivity contribution < 1.29 is 47.0 Å². The molecule has 0 fully saturated rings. The van der Waals surface area contributed by atoms with Gasteiger partial charge in [-0.3, -0.25) is 24.0 Å². The number of benzene rings is 2. The zero-order chi connectivity index (χ0) is 30.9. The minimum Gasteiger partial charge on any atom is -0.497 e. The zero-order valence-electron chi connectivity index (χ0n) is 22.3. The molecule has 3 unspecified atom stereocenters. The summed E-state index contributed by atoms with van der Waals surface area (Å²) in [5.74, 6) is -6.93. The second-order valence-corrected chi connectivity index (χ2v) is 9.71. The fraction of sp³-hybridized carbons (Fsp3) is 0.370. The van der Waals surface area contributed by atoms with Crippen LogP contribution in [-0.2, 0) is 19.2 Å². The van der Waals surface area contributed by atoms with Crippen LogP contribution in [0.3, 0.4) is 0 Å². The monoisotopic (exact) mass is 599 g/mol. The highest BCUT2D eigenvalue weighted by atomic mass is 35.5. The van der Waals surface area contributed by atoms with Gasteiger partial charge < -0.3 is 25.8 Å². The molecule has 0 saturated heterocycles. The zero-order valence-corrected chi connectivity index (χ0v) is 23.0. The highest BCUT2D eigenvalue weighted by Gasteiger charge is 2.45. The molecule has 0 spiro atoms. The van der Waals surface area contributed by atoms with Crippen molar-refractivity contribution in [3.63, 3.8) is 0 Å². The number of amides is 3. The molecular formula is C27H29ClF3N3O7. The summed E-state index contributed by atoms with van der Waals surface area (Å²) in [5.41, 5.74) is 0.178. The number of Topliss-reactive ketones (excluding diaryl/α,β-unsaturated/α-hetero) is 1. The van der Waals surface area contributed by atoms with E-state index in [0.717, 1.165) is 0 Å². The number of alkyl halides is 3. The topological polar surface area (TPSA) is 151 Å². The minimum atomic E-state index is -5.23. The minimum absolute atomic E-state index is 0.0699. The average molecular weight is 600 g/mol. The first kappa shape index (κ1) is 33.1. The van der Waals surface area contributed by atoms with E-state index in [1.165, 1.54) is 69.5 Å². The molecule has 10 nitrogen and oxygen atoms in total. The summed E-state index contributed by atoms with van der Waals surface area (Å²) >= 11 is 5.91. The molecule has 2 aromatic carbocycles. The molecule has 0 aromatic heterocycles. The Kier molecular flexibility index (Phi) is 11.7. The fourth-order valence-corrected chi connectivity index (χ4v) is 3.89. The summed E-state index contributed by atoms with van der Waals surface area (Å²) in [5, 5.41) is 16.2. The fourth-order valence-electron chi connectivity index (χ4n) is 3.70. The molecule has 0 saturated carbocycles. The predicted molar refractivity (Wildman–Crippen MR) is 141 cm³/mol. The highest BCUT2D eigenvalue weighted by molar-refractivity contribution is 6.31. The number of ether oxygens (including phenoxy) is 1. The lowest BCUT2D eigenvalue weighted by molar-refractivity contribution is -0.175. The van der Waals surface area contributed by atoms with Crippen molar-refractivity contribution in [2.45, 2.75) is 51.0 Å². The standard InChI is InChI=1S/C27H29ClF3N3O7/c1-14(2)21(23(37)27(29,30)31)33-26(40)22(15-7-9-18(41-3)10-8-15)34-25(39)19(11-12-20(35)36)32-24(38)16-5-4-6-17(28)13-16/h4-10,13-14,19,21-22H,11-12H2,1-3H3,(H,32,38)(H,33,40)(H,34,39)(H,35,36). The van der Waals surface area contributed by atoms with E-state index in [1.807, 2.05) is 0 Å². The van der Waals surface area contributed by atoms with Crippen molar-refractivity contribution in [1.82, 2.24) is 16.0 Å². The van der Waals surface area contributed by atoms with Crippen molar-refractivity contribution >= 4 is 41.1 Å². The predicted octanol–water partition coefficient (Wildman–Crippen LogP) is 3.44. The quantitative estimate of drug-likeness (QED) is 0.275. The smallest absolute Gasteiger partial charge is 0.452 e. The molecule has 2 aromatic rings. The summed E-state index contributed by atoms with van der Waals surface area (Å²) in [4.78, 5) is 62.6. The number of ketones is 1. The van der Waals surface area contributed by atoms with Gasteiger partial charge in [-0.25, -0.2) is 0 Å². The lowest BCUT2D eigenvalue weighted by Gasteiger charge is -2.27. The van der Waals surface area contributed by atoms with Crippen LogP contribution in [0.4, 0.5) is 13.2 Å². The lowest BCUT2D eigenvalue weighted by Crippen LogP contribution is -2.54. The van der Waals surface area contributed by atoms with E-state index in [4.69, 9.17) is 21.4 Å². The van der Waals surface area contributed by atoms with Crippen LogP contribution in [0.5, 0.6) is 5.75 Å². The van der Waals surface area contributed by atoms with Gasteiger partial charge in [-0.05, 0) is 48.2 Å². The largest absolute Gasteiger partial charge is 0.497 e. The van der Waals surface area contributed by atoms with Gasteiger partial charge >= 0.3 is 12.1 Å². The third-order valence-electron chi connectivity index (χ3n) is 5.88. The van der Waals surface area contributed by atoms with Crippen LogP contribution in [0.1, 0.15) is 48.7 Å². The van der Waals surface area contributed by atoms with Crippen molar-refractivity contribution in [2.24, 2.45) is 5.92 Å². The Balaban J connectivity index is 2.40. The number of carbonyl (C=O) groups excluding carboxylic acids is 4. The van der Waals surface area contributed by atoms with Gasteiger partial charge in [0.2, 0.25) is 11.8 Å². The molecule has 0 aliphatic carbocycles. The number of hydrogen-bond acceptors (Lipinski definition) is 6. The number of carboxylic acids is 1. The van der Waals surface area contributed by atoms with E-state index < -0.39 is 66.1 Å². The number of carboxylic acid groups (broad SMARTS) is 1. The van der Waals surface area contributed by atoms with Crippen LogP contribution in [0.2, 0.25) is 5.02 Å². The number of carbonyl (C=O) groups is 5. The van der Waals surface area contributed by atoms with Crippen molar-refractivity contribution in [3.05, 3.63) is 64.7 Å². The summed E-state index contributed by atoms with van der Waals surface area (Å²) in [6.07, 6.45) is -6.15. The first-order valence-corrected chi connectivity index (χ1v) is 12.7. The molecule has 41 heavy (non-hydrogen) atoms. The number of hydrogen-bond donors (Lipinski definition) is 4. The Bertz CT molecular complexity index is 1270. The van der Waals surface area contributed by atoms with E-state index in [9.17, 15) is 37.1 Å². The Morgan fingerprint density at radius 2 is 1.59 bits per heavy atom. The maximum Gasteiger partial charge on any atom is 0.452 e. The van der Waals surface area contributed by atoms with Crippen molar-refractivity contribution in [3.8, 4) is 5.75 Å².